The number of carbonyl (C=O) groups excluding carboxylic acids is 2. The first kappa shape index (κ1) is 16.2. The first-order chi connectivity index (χ1) is 8.29. The molecule has 3 amide bonds. The number of carbonyl (C=O) groups is 3. The molecule has 0 radical (unpaired) electrons. The molecule has 7 heteroatoms. The van der Waals surface area contributed by atoms with Crippen molar-refractivity contribution in [2.45, 2.75) is 33.2 Å². The van der Waals surface area contributed by atoms with Crippen molar-refractivity contribution in [2.24, 2.45) is 17.6 Å². The Morgan fingerprint density at radius 1 is 1.28 bits per heavy atom. The number of carboxylic acids is 1. The monoisotopic (exact) mass is 259 g/mol. The van der Waals surface area contributed by atoms with Crippen molar-refractivity contribution in [1.82, 2.24) is 10.6 Å². The highest BCUT2D eigenvalue weighted by Crippen LogP contribution is 2.08. The van der Waals surface area contributed by atoms with Gasteiger partial charge in [-0.1, -0.05) is 27.2 Å². The summed E-state index contributed by atoms with van der Waals surface area (Å²) < 4.78 is 0. The quantitative estimate of drug-likeness (QED) is 0.510. The molecule has 0 aromatic heterocycles. The van der Waals surface area contributed by atoms with Gasteiger partial charge in [-0.25, -0.2) is 4.79 Å². The SMILES string of the molecule is CCC(C)C(NC(N)=O)C(=O)NCC(C)C(=O)O. The third kappa shape index (κ3) is 5.51. The third-order valence-corrected chi connectivity index (χ3v) is 2.80. The summed E-state index contributed by atoms with van der Waals surface area (Å²) in [5.74, 6) is -2.17. The Morgan fingerprint density at radius 3 is 2.22 bits per heavy atom. The standard InChI is InChI=1S/C11H21N3O4/c1-4-6(2)8(14-11(12)18)9(15)13-5-7(3)10(16)17/h6-8H,4-5H2,1-3H3,(H,13,15)(H,16,17)(H3,12,14,18). The molecule has 104 valence electrons. The van der Waals surface area contributed by atoms with Crippen molar-refractivity contribution >= 4 is 17.9 Å². The minimum Gasteiger partial charge on any atom is -0.481 e. The summed E-state index contributed by atoms with van der Waals surface area (Å²) in [4.78, 5) is 33.3. The van der Waals surface area contributed by atoms with Crippen LogP contribution in [0, 0.1) is 11.8 Å². The number of rotatable bonds is 7. The summed E-state index contributed by atoms with van der Waals surface area (Å²) in [6.07, 6.45) is 0.687. The highest BCUT2D eigenvalue weighted by molar-refractivity contribution is 5.87. The van der Waals surface area contributed by atoms with E-state index in [0.29, 0.717) is 6.42 Å². The summed E-state index contributed by atoms with van der Waals surface area (Å²) in [6, 6.07) is -1.52. The highest BCUT2D eigenvalue weighted by atomic mass is 16.4. The highest BCUT2D eigenvalue weighted by Gasteiger charge is 2.25. The summed E-state index contributed by atoms with van der Waals surface area (Å²) in [5.41, 5.74) is 5.00. The van der Waals surface area contributed by atoms with Crippen LogP contribution in [0.5, 0.6) is 0 Å². The Bertz CT molecular complexity index is 319. The van der Waals surface area contributed by atoms with Crippen molar-refractivity contribution in [3.8, 4) is 0 Å². The van der Waals surface area contributed by atoms with E-state index in [1.807, 2.05) is 6.92 Å². The lowest BCUT2D eigenvalue weighted by atomic mass is 9.98. The van der Waals surface area contributed by atoms with Crippen molar-refractivity contribution in [2.75, 3.05) is 6.54 Å². The molecule has 0 aromatic carbocycles. The minimum absolute atomic E-state index is 0.0154. The van der Waals surface area contributed by atoms with E-state index in [0.717, 1.165) is 0 Å². The van der Waals surface area contributed by atoms with Gasteiger partial charge in [-0.2, -0.15) is 0 Å². The van der Waals surface area contributed by atoms with Crippen molar-refractivity contribution in [3.63, 3.8) is 0 Å². The molecule has 0 saturated carbocycles. The number of amides is 3. The zero-order valence-corrected chi connectivity index (χ0v) is 10.9. The smallest absolute Gasteiger partial charge is 0.312 e. The Balaban J connectivity index is 4.47. The predicted molar refractivity (Wildman–Crippen MR) is 65.8 cm³/mol. The Morgan fingerprint density at radius 2 is 1.83 bits per heavy atom. The molecule has 0 saturated heterocycles. The molecule has 0 fully saturated rings. The lowest BCUT2D eigenvalue weighted by Gasteiger charge is -2.23. The number of primary amides is 1. The van der Waals surface area contributed by atoms with Crippen molar-refractivity contribution < 1.29 is 19.5 Å². The van der Waals surface area contributed by atoms with Gasteiger partial charge in [0, 0.05) is 6.54 Å². The van der Waals surface area contributed by atoms with Gasteiger partial charge in [-0.15, -0.1) is 0 Å². The fourth-order valence-electron chi connectivity index (χ4n) is 1.31. The summed E-state index contributed by atoms with van der Waals surface area (Å²) >= 11 is 0. The molecular weight excluding hydrogens is 238 g/mol. The number of aliphatic carboxylic acids is 1. The molecule has 0 bridgehead atoms. The van der Waals surface area contributed by atoms with Crippen LogP contribution in [0.4, 0.5) is 4.79 Å². The van der Waals surface area contributed by atoms with Crippen LogP contribution in [0.3, 0.4) is 0 Å². The van der Waals surface area contributed by atoms with E-state index < -0.39 is 29.9 Å². The Kier molecular flexibility index (Phi) is 6.77. The second-order valence-electron chi connectivity index (χ2n) is 4.36. The van der Waals surface area contributed by atoms with Gasteiger partial charge >= 0.3 is 12.0 Å². The van der Waals surface area contributed by atoms with Gasteiger partial charge in [0.2, 0.25) is 5.91 Å². The van der Waals surface area contributed by atoms with Gasteiger partial charge in [0.05, 0.1) is 5.92 Å². The predicted octanol–water partition coefficient (Wildman–Crippen LogP) is -0.0937. The Labute approximate surface area is 106 Å². The van der Waals surface area contributed by atoms with Gasteiger partial charge in [0.25, 0.3) is 0 Å². The molecule has 7 nitrogen and oxygen atoms in total. The van der Waals surface area contributed by atoms with Crippen LogP contribution >= 0.6 is 0 Å². The summed E-state index contributed by atoms with van der Waals surface area (Å²) in [5, 5.41) is 13.6. The molecule has 5 N–H and O–H groups in total. The van der Waals surface area contributed by atoms with Crippen LogP contribution in [0.25, 0.3) is 0 Å². The van der Waals surface area contributed by atoms with Crippen molar-refractivity contribution in [3.05, 3.63) is 0 Å². The normalized spacial score (nSPS) is 15.3. The lowest BCUT2D eigenvalue weighted by Crippen LogP contribution is -2.52. The van der Waals surface area contributed by atoms with E-state index in [9.17, 15) is 14.4 Å². The van der Waals surface area contributed by atoms with E-state index in [1.54, 1.807) is 6.92 Å². The van der Waals surface area contributed by atoms with Crippen LogP contribution in [0.15, 0.2) is 0 Å². The molecule has 3 unspecified atom stereocenters. The van der Waals surface area contributed by atoms with E-state index in [1.165, 1.54) is 6.92 Å². The van der Waals surface area contributed by atoms with E-state index in [2.05, 4.69) is 10.6 Å². The fourth-order valence-corrected chi connectivity index (χ4v) is 1.31. The van der Waals surface area contributed by atoms with E-state index in [-0.39, 0.29) is 12.5 Å². The zero-order chi connectivity index (χ0) is 14.3. The lowest BCUT2D eigenvalue weighted by molar-refractivity contribution is -0.141. The summed E-state index contributed by atoms with van der Waals surface area (Å²) in [6.45, 7) is 5.19. The average Bonchev–Trinajstić information content (AvgIpc) is 2.31. The second-order valence-corrected chi connectivity index (χ2v) is 4.36. The topological polar surface area (TPSA) is 122 Å². The van der Waals surface area contributed by atoms with Gasteiger partial charge in [0.15, 0.2) is 0 Å². The van der Waals surface area contributed by atoms with Gasteiger partial charge in [-0.05, 0) is 5.92 Å². The minimum atomic E-state index is -0.988. The first-order valence-corrected chi connectivity index (χ1v) is 5.86. The first-order valence-electron chi connectivity index (χ1n) is 5.86. The van der Waals surface area contributed by atoms with E-state index in [4.69, 9.17) is 10.8 Å². The van der Waals surface area contributed by atoms with Crippen LogP contribution < -0.4 is 16.4 Å². The Hall–Kier alpha value is -1.79. The molecule has 0 heterocycles. The second kappa shape index (κ2) is 7.52. The van der Waals surface area contributed by atoms with Gasteiger partial charge < -0.3 is 21.5 Å². The largest absolute Gasteiger partial charge is 0.481 e. The average molecular weight is 259 g/mol. The number of urea groups is 1. The maximum atomic E-state index is 11.8. The van der Waals surface area contributed by atoms with Crippen molar-refractivity contribution in [1.29, 1.82) is 0 Å². The summed E-state index contributed by atoms with van der Waals surface area (Å²) in [7, 11) is 0. The maximum Gasteiger partial charge on any atom is 0.312 e. The molecule has 0 aromatic rings. The third-order valence-electron chi connectivity index (χ3n) is 2.80. The number of hydrogen-bond donors (Lipinski definition) is 4. The number of hydrogen-bond acceptors (Lipinski definition) is 3. The van der Waals surface area contributed by atoms with Crippen LogP contribution in [-0.2, 0) is 9.59 Å². The van der Waals surface area contributed by atoms with Crippen LogP contribution in [-0.4, -0.2) is 35.6 Å². The molecule has 0 aliphatic rings. The molecular formula is C11H21N3O4. The zero-order valence-electron chi connectivity index (χ0n) is 10.9. The van der Waals surface area contributed by atoms with Gasteiger partial charge in [-0.3, -0.25) is 9.59 Å². The molecule has 0 aliphatic heterocycles. The number of nitrogens with two attached hydrogens (primary N) is 1. The van der Waals surface area contributed by atoms with Crippen LogP contribution in [0.2, 0.25) is 0 Å². The van der Waals surface area contributed by atoms with E-state index >= 15 is 0 Å². The molecule has 18 heavy (non-hydrogen) atoms. The van der Waals surface area contributed by atoms with Crippen LogP contribution in [0.1, 0.15) is 27.2 Å². The fraction of sp³-hybridized carbons (Fsp3) is 0.727. The molecule has 0 aliphatic carbocycles. The maximum absolute atomic E-state index is 11.8. The molecule has 0 rings (SSSR count). The van der Waals surface area contributed by atoms with Gasteiger partial charge in [0.1, 0.15) is 6.04 Å². The number of nitrogens with one attached hydrogen (secondary N) is 2. The molecule has 3 atom stereocenters. The molecule has 0 spiro atoms. The number of carboxylic acid groups (broad SMARTS) is 1.